The largest absolute Gasteiger partial charge is 0.367 e. The normalized spacial score (nSPS) is 25.8. The highest BCUT2D eigenvalue weighted by molar-refractivity contribution is 5.78. The molecule has 0 spiro atoms. The van der Waals surface area contributed by atoms with Gasteiger partial charge in [-0.2, -0.15) is 0 Å². The molecule has 2 unspecified atom stereocenters. The molecule has 0 aliphatic carbocycles. The standard InChI is InChI=1S/C19H28FN3O/c1-15-11-16(2)13-23(12-15)19(24)14-21-7-9-22(10-8-21)18-6-4-3-5-17(18)20/h3-6,15-16H,7-14H2,1-2H3. The van der Waals surface area contributed by atoms with Gasteiger partial charge in [0.05, 0.1) is 12.2 Å². The lowest BCUT2D eigenvalue weighted by atomic mass is 9.92. The minimum atomic E-state index is -0.168. The Morgan fingerprint density at radius 1 is 1.08 bits per heavy atom. The van der Waals surface area contributed by atoms with Gasteiger partial charge in [0.1, 0.15) is 5.82 Å². The molecule has 1 amide bonds. The van der Waals surface area contributed by atoms with Crippen LogP contribution in [0.3, 0.4) is 0 Å². The van der Waals surface area contributed by atoms with Gasteiger partial charge in [0, 0.05) is 39.3 Å². The van der Waals surface area contributed by atoms with E-state index >= 15 is 0 Å². The number of hydrogen-bond donors (Lipinski definition) is 0. The maximum absolute atomic E-state index is 13.9. The molecule has 0 bridgehead atoms. The molecule has 2 fully saturated rings. The fraction of sp³-hybridized carbons (Fsp3) is 0.632. The average molecular weight is 333 g/mol. The molecule has 132 valence electrons. The van der Waals surface area contributed by atoms with Gasteiger partial charge in [0.2, 0.25) is 5.91 Å². The summed E-state index contributed by atoms with van der Waals surface area (Å²) in [4.78, 5) is 18.9. The summed E-state index contributed by atoms with van der Waals surface area (Å²) in [6, 6.07) is 6.91. The number of amides is 1. The topological polar surface area (TPSA) is 26.8 Å². The third-order valence-corrected chi connectivity index (χ3v) is 5.15. The van der Waals surface area contributed by atoms with Gasteiger partial charge in [0.15, 0.2) is 0 Å². The molecule has 2 saturated heterocycles. The third-order valence-electron chi connectivity index (χ3n) is 5.15. The van der Waals surface area contributed by atoms with Crippen molar-refractivity contribution in [2.75, 3.05) is 50.7 Å². The molecule has 5 heteroatoms. The average Bonchev–Trinajstić information content (AvgIpc) is 2.55. The first kappa shape index (κ1) is 17.2. The maximum atomic E-state index is 13.9. The molecule has 2 atom stereocenters. The zero-order chi connectivity index (χ0) is 17.1. The van der Waals surface area contributed by atoms with Gasteiger partial charge in [-0.3, -0.25) is 9.69 Å². The lowest BCUT2D eigenvalue weighted by molar-refractivity contribution is -0.135. The SMILES string of the molecule is CC1CC(C)CN(C(=O)CN2CCN(c3ccccc3F)CC2)C1. The molecule has 0 aromatic heterocycles. The lowest BCUT2D eigenvalue weighted by Gasteiger charge is -2.39. The van der Waals surface area contributed by atoms with E-state index in [0.717, 1.165) is 39.3 Å². The zero-order valence-electron chi connectivity index (χ0n) is 14.7. The number of nitrogens with zero attached hydrogens (tertiary/aromatic N) is 3. The highest BCUT2D eigenvalue weighted by Crippen LogP contribution is 2.22. The number of anilines is 1. The van der Waals surface area contributed by atoms with Gasteiger partial charge >= 0.3 is 0 Å². The predicted molar refractivity (Wildman–Crippen MR) is 94.6 cm³/mol. The van der Waals surface area contributed by atoms with Gasteiger partial charge in [-0.1, -0.05) is 26.0 Å². The van der Waals surface area contributed by atoms with E-state index in [0.29, 0.717) is 24.1 Å². The number of piperidine rings is 1. The molecule has 0 saturated carbocycles. The van der Waals surface area contributed by atoms with Crippen LogP contribution in [0.5, 0.6) is 0 Å². The zero-order valence-corrected chi connectivity index (χ0v) is 14.7. The van der Waals surface area contributed by atoms with Crippen LogP contribution in [-0.4, -0.2) is 61.5 Å². The molecule has 24 heavy (non-hydrogen) atoms. The Kier molecular flexibility index (Phi) is 5.39. The Bertz CT molecular complexity index is 561. The Morgan fingerprint density at radius 2 is 1.71 bits per heavy atom. The van der Waals surface area contributed by atoms with Crippen molar-refractivity contribution >= 4 is 11.6 Å². The number of rotatable bonds is 3. The van der Waals surface area contributed by atoms with Crippen LogP contribution in [0.15, 0.2) is 24.3 Å². The van der Waals surface area contributed by atoms with Crippen molar-refractivity contribution in [2.45, 2.75) is 20.3 Å². The van der Waals surface area contributed by atoms with E-state index in [4.69, 9.17) is 0 Å². The summed E-state index contributed by atoms with van der Waals surface area (Å²) in [5.41, 5.74) is 0.669. The highest BCUT2D eigenvalue weighted by Gasteiger charge is 2.27. The Hall–Kier alpha value is -1.62. The third kappa shape index (κ3) is 4.07. The number of para-hydroxylation sites is 1. The summed E-state index contributed by atoms with van der Waals surface area (Å²) in [6.07, 6.45) is 1.21. The van der Waals surface area contributed by atoms with Crippen LogP contribution in [0, 0.1) is 17.7 Å². The second-order valence-corrected chi connectivity index (χ2v) is 7.46. The van der Waals surface area contributed by atoms with E-state index in [-0.39, 0.29) is 11.7 Å². The van der Waals surface area contributed by atoms with Gasteiger partial charge in [-0.15, -0.1) is 0 Å². The summed E-state index contributed by atoms with van der Waals surface area (Å²) >= 11 is 0. The van der Waals surface area contributed by atoms with Crippen molar-refractivity contribution in [3.63, 3.8) is 0 Å². The Labute approximate surface area is 144 Å². The molecule has 2 aliphatic heterocycles. The van der Waals surface area contributed by atoms with E-state index in [1.165, 1.54) is 12.5 Å². The smallest absolute Gasteiger partial charge is 0.236 e. The molecular weight excluding hydrogens is 305 g/mol. The van der Waals surface area contributed by atoms with E-state index in [1.807, 2.05) is 17.0 Å². The molecule has 2 aliphatic rings. The molecule has 0 N–H and O–H groups in total. The van der Waals surface area contributed by atoms with Crippen molar-refractivity contribution in [1.82, 2.24) is 9.80 Å². The van der Waals surface area contributed by atoms with E-state index in [9.17, 15) is 9.18 Å². The Balaban J connectivity index is 1.50. The van der Waals surface area contributed by atoms with Crippen molar-refractivity contribution in [3.8, 4) is 0 Å². The predicted octanol–water partition coefficient (Wildman–Crippen LogP) is 2.45. The summed E-state index contributed by atoms with van der Waals surface area (Å²) < 4.78 is 13.9. The minimum absolute atomic E-state index is 0.168. The Morgan fingerprint density at radius 3 is 2.33 bits per heavy atom. The summed E-state index contributed by atoms with van der Waals surface area (Å²) in [6.45, 7) is 9.85. The first-order valence-electron chi connectivity index (χ1n) is 9.02. The van der Waals surface area contributed by atoms with Gasteiger partial charge < -0.3 is 9.80 Å². The molecule has 3 rings (SSSR count). The van der Waals surface area contributed by atoms with Crippen molar-refractivity contribution in [2.24, 2.45) is 11.8 Å². The van der Waals surface area contributed by atoms with Crippen LogP contribution < -0.4 is 4.90 Å². The fourth-order valence-corrected chi connectivity index (χ4v) is 4.01. The van der Waals surface area contributed by atoms with Gasteiger partial charge in [0.25, 0.3) is 0 Å². The number of carbonyl (C=O) groups excluding carboxylic acids is 1. The second kappa shape index (κ2) is 7.51. The van der Waals surface area contributed by atoms with Crippen LogP contribution in [-0.2, 0) is 4.79 Å². The van der Waals surface area contributed by atoms with E-state index < -0.39 is 0 Å². The second-order valence-electron chi connectivity index (χ2n) is 7.46. The number of hydrogen-bond acceptors (Lipinski definition) is 3. The van der Waals surface area contributed by atoms with E-state index in [2.05, 4.69) is 23.6 Å². The number of benzene rings is 1. The molecule has 1 aromatic rings. The molecular formula is C19H28FN3O. The van der Waals surface area contributed by atoms with Crippen molar-refractivity contribution < 1.29 is 9.18 Å². The monoisotopic (exact) mass is 333 g/mol. The fourth-order valence-electron chi connectivity index (χ4n) is 4.01. The van der Waals surface area contributed by atoms with Crippen LogP contribution in [0.4, 0.5) is 10.1 Å². The first-order chi connectivity index (χ1) is 11.5. The summed E-state index contributed by atoms with van der Waals surface area (Å²) in [5, 5.41) is 0. The van der Waals surface area contributed by atoms with Gasteiger partial charge in [-0.25, -0.2) is 4.39 Å². The number of carbonyl (C=O) groups is 1. The lowest BCUT2D eigenvalue weighted by Crippen LogP contribution is -2.52. The van der Waals surface area contributed by atoms with Crippen LogP contribution in [0.25, 0.3) is 0 Å². The highest BCUT2D eigenvalue weighted by atomic mass is 19.1. The number of likely N-dealkylation sites (tertiary alicyclic amines) is 1. The van der Waals surface area contributed by atoms with Gasteiger partial charge in [-0.05, 0) is 30.4 Å². The van der Waals surface area contributed by atoms with Crippen LogP contribution in [0.2, 0.25) is 0 Å². The maximum Gasteiger partial charge on any atom is 0.236 e. The summed E-state index contributed by atoms with van der Waals surface area (Å²) in [5.74, 6) is 1.26. The van der Waals surface area contributed by atoms with E-state index in [1.54, 1.807) is 6.07 Å². The molecule has 1 aromatic carbocycles. The van der Waals surface area contributed by atoms with Crippen molar-refractivity contribution in [1.29, 1.82) is 0 Å². The van der Waals surface area contributed by atoms with Crippen LogP contribution in [0.1, 0.15) is 20.3 Å². The van der Waals surface area contributed by atoms with Crippen molar-refractivity contribution in [3.05, 3.63) is 30.1 Å². The van der Waals surface area contributed by atoms with Crippen LogP contribution >= 0.6 is 0 Å². The molecule has 2 heterocycles. The number of halogens is 1. The molecule has 4 nitrogen and oxygen atoms in total. The minimum Gasteiger partial charge on any atom is -0.367 e. The molecule has 0 radical (unpaired) electrons. The summed E-state index contributed by atoms with van der Waals surface area (Å²) in [7, 11) is 0. The first-order valence-corrected chi connectivity index (χ1v) is 9.02. The quantitative estimate of drug-likeness (QED) is 0.850. The number of piperazine rings is 1.